The lowest BCUT2D eigenvalue weighted by Crippen LogP contribution is -2.52. The first-order chi connectivity index (χ1) is 10.6. The molecule has 1 aromatic heterocycles. The van der Waals surface area contributed by atoms with E-state index in [4.69, 9.17) is 4.74 Å². The second kappa shape index (κ2) is 7.27. The van der Waals surface area contributed by atoms with Crippen molar-refractivity contribution < 1.29 is 9.53 Å². The summed E-state index contributed by atoms with van der Waals surface area (Å²) in [6.07, 6.45) is 3.21. The number of hydrogen-bond donors (Lipinski definition) is 2. The Kier molecular flexibility index (Phi) is 6.00. The molecule has 1 aromatic rings. The van der Waals surface area contributed by atoms with Crippen LogP contribution in [0.2, 0.25) is 0 Å². The van der Waals surface area contributed by atoms with Crippen molar-refractivity contribution in [3.05, 3.63) is 19.4 Å². The first-order valence-corrected chi connectivity index (χ1v) is 9.98. The van der Waals surface area contributed by atoms with Crippen LogP contribution in [0.25, 0.3) is 0 Å². The van der Waals surface area contributed by atoms with E-state index in [1.807, 2.05) is 46.0 Å². The normalized spacial score (nSPS) is 18.4. The second-order valence-corrected chi connectivity index (χ2v) is 10.8. The van der Waals surface area contributed by atoms with E-state index in [0.29, 0.717) is 12.6 Å². The summed E-state index contributed by atoms with van der Waals surface area (Å²) in [5.74, 6) is 0. The molecule has 0 bridgehead atoms. The molecule has 2 rings (SSSR count). The molecule has 1 heterocycles. The third kappa shape index (κ3) is 5.90. The van der Waals surface area contributed by atoms with Gasteiger partial charge in [-0.25, -0.2) is 4.79 Å². The summed E-state index contributed by atoms with van der Waals surface area (Å²) in [6.45, 7) is 10.4. The molecule has 0 radical (unpaired) electrons. The maximum atomic E-state index is 12.0. The molecule has 1 amide bonds. The Labute approximate surface area is 156 Å². The van der Waals surface area contributed by atoms with Gasteiger partial charge < -0.3 is 15.4 Å². The molecule has 2 N–H and O–H groups in total. The van der Waals surface area contributed by atoms with Gasteiger partial charge in [-0.1, -0.05) is 0 Å². The Morgan fingerprint density at radius 1 is 1.39 bits per heavy atom. The molecule has 1 unspecified atom stereocenters. The standard InChI is InChI=1S/C17H27IN2O2S/c1-16(2,3)22-15(21)20-17(4,5)10-19-12-7-6-8-13-11(12)9-14(18)23-13/h9,12,19H,6-8,10H2,1-5H3,(H,20,21). The molecule has 0 saturated carbocycles. The number of aryl methyl sites for hydroxylation is 1. The number of fused-ring (bicyclic) bond motifs is 1. The third-order valence-corrected chi connectivity index (χ3v) is 5.68. The van der Waals surface area contributed by atoms with Crippen LogP contribution >= 0.6 is 33.9 Å². The van der Waals surface area contributed by atoms with Crippen LogP contribution in [0.4, 0.5) is 4.79 Å². The van der Waals surface area contributed by atoms with Gasteiger partial charge >= 0.3 is 6.09 Å². The summed E-state index contributed by atoms with van der Waals surface area (Å²) in [7, 11) is 0. The van der Waals surface area contributed by atoms with E-state index >= 15 is 0 Å². The van der Waals surface area contributed by atoms with Crippen LogP contribution in [0.3, 0.4) is 0 Å². The number of thiophene rings is 1. The zero-order chi connectivity index (χ0) is 17.3. The molecule has 1 atom stereocenters. The Hall–Kier alpha value is -0.340. The number of alkyl carbamates (subject to hydrolysis) is 1. The third-order valence-electron chi connectivity index (χ3n) is 3.71. The fraction of sp³-hybridized carbons (Fsp3) is 0.706. The number of ether oxygens (including phenoxy) is 1. The van der Waals surface area contributed by atoms with Crippen molar-refractivity contribution in [3.8, 4) is 0 Å². The topological polar surface area (TPSA) is 50.4 Å². The minimum Gasteiger partial charge on any atom is -0.444 e. The summed E-state index contributed by atoms with van der Waals surface area (Å²) in [6, 6.07) is 2.68. The molecule has 0 aromatic carbocycles. The van der Waals surface area contributed by atoms with E-state index < -0.39 is 5.60 Å². The van der Waals surface area contributed by atoms with E-state index in [-0.39, 0.29) is 11.6 Å². The highest BCUT2D eigenvalue weighted by atomic mass is 127. The van der Waals surface area contributed by atoms with Crippen LogP contribution in [0, 0.1) is 2.88 Å². The minimum absolute atomic E-state index is 0.358. The van der Waals surface area contributed by atoms with Crippen LogP contribution in [0.1, 0.15) is 63.9 Å². The number of amides is 1. The number of carbonyl (C=O) groups excluding carboxylic acids is 1. The fourth-order valence-corrected chi connectivity index (χ4v) is 4.86. The van der Waals surface area contributed by atoms with Crippen molar-refractivity contribution in [3.63, 3.8) is 0 Å². The largest absolute Gasteiger partial charge is 0.444 e. The lowest BCUT2D eigenvalue weighted by Gasteiger charge is -2.32. The van der Waals surface area contributed by atoms with Crippen LogP contribution in [-0.4, -0.2) is 23.8 Å². The molecular weight excluding hydrogens is 423 g/mol. The highest BCUT2D eigenvalue weighted by Crippen LogP contribution is 2.36. The van der Waals surface area contributed by atoms with Crippen molar-refractivity contribution in [2.75, 3.05) is 6.54 Å². The average Bonchev–Trinajstić information content (AvgIpc) is 2.73. The van der Waals surface area contributed by atoms with Crippen LogP contribution in [0.5, 0.6) is 0 Å². The fourth-order valence-electron chi connectivity index (χ4n) is 2.74. The van der Waals surface area contributed by atoms with Gasteiger partial charge in [-0.15, -0.1) is 11.3 Å². The first kappa shape index (κ1) is 19.0. The average molecular weight is 450 g/mol. The Bertz CT molecular complexity index is 563. The van der Waals surface area contributed by atoms with Gasteiger partial charge in [-0.05, 0) is 88.1 Å². The Morgan fingerprint density at radius 3 is 2.74 bits per heavy atom. The second-order valence-electron chi connectivity index (χ2n) is 7.77. The number of nitrogens with one attached hydrogen (secondary N) is 2. The zero-order valence-electron chi connectivity index (χ0n) is 14.6. The molecule has 0 spiro atoms. The van der Waals surface area contributed by atoms with E-state index in [2.05, 4.69) is 39.3 Å². The SMILES string of the molecule is CC(C)(CNC1CCCc2sc(I)cc21)NC(=O)OC(C)(C)C. The van der Waals surface area contributed by atoms with Gasteiger partial charge in [0.05, 0.1) is 8.42 Å². The minimum atomic E-state index is -0.473. The van der Waals surface area contributed by atoms with Gasteiger partial charge in [0.15, 0.2) is 0 Å². The van der Waals surface area contributed by atoms with Gasteiger partial charge in [0.1, 0.15) is 5.60 Å². The van der Waals surface area contributed by atoms with Gasteiger partial charge in [0, 0.05) is 17.5 Å². The number of hydrogen-bond acceptors (Lipinski definition) is 4. The van der Waals surface area contributed by atoms with Crippen molar-refractivity contribution in [1.82, 2.24) is 10.6 Å². The lowest BCUT2D eigenvalue weighted by atomic mass is 9.93. The smallest absolute Gasteiger partial charge is 0.408 e. The molecule has 130 valence electrons. The summed E-state index contributed by atoms with van der Waals surface area (Å²) in [5.41, 5.74) is 0.612. The molecule has 0 saturated heterocycles. The number of rotatable bonds is 4. The van der Waals surface area contributed by atoms with Crippen LogP contribution in [-0.2, 0) is 11.2 Å². The number of halogens is 1. The van der Waals surface area contributed by atoms with Gasteiger partial charge in [0.2, 0.25) is 0 Å². The molecule has 4 nitrogen and oxygen atoms in total. The maximum absolute atomic E-state index is 12.0. The van der Waals surface area contributed by atoms with E-state index in [9.17, 15) is 4.79 Å². The molecular formula is C17H27IN2O2S. The molecule has 1 aliphatic carbocycles. The van der Waals surface area contributed by atoms with Crippen molar-refractivity contribution in [2.45, 2.75) is 71.1 Å². The lowest BCUT2D eigenvalue weighted by molar-refractivity contribution is 0.0470. The monoisotopic (exact) mass is 450 g/mol. The zero-order valence-corrected chi connectivity index (χ0v) is 17.6. The molecule has 0 aliphatic heterocycles. The Balaban J connectivity index is 1.91. The maximum Gasteiger partial charge on any atom is 0.408 e. The summed E-state index contributed by atoms with van der Waals surface area (Å²) >= 11 is 4.30. The van der Waals surface area contributed by atoms with Crippen molar-refractivity contribution in [2.24, 2.45) is 0 Å². The van der Waals surface area contributed by atoms with Gasteiger partial charge in [0.25, 0.3) is 0 Å². The first-order valence-electron chi connectivity index (χ1n) is 8.08. The van der Waals surface area contributed by atoms with E-state index in [1.165, 1.54) is 26.2 Å². The van der Waals surface area contributed by atoms with E-state index in [1.54, 1.807) is 0 Å². The highest BCUT2D eigenvalue weighted by Gasteiger charge is 2.27. The Morgan fingerprint density at radius 2 is 2.09 bits per heavy atom. The number of carbonyl (C=O) groups is 1. The van der Waals surface area contributed by atoms with Crippen LogP contribution < -0.4 is 10.6 Å². The summed E-state index contributed by atoms with van der Waals surface area (Å²) < 4.78 is 6.70. The van der Waals surface area contributed by atoms with Gasteiger partial charge in [-0.3, -0.25) is 0 Å². The quantitative estimate of drug-likeness (QED) is 0.659. The highest BCUT2D eigenvalue weighted by molar-refractivity contribution is 14.1. The predicted octanol–water partition coefficient (Wildman–Crippen LogP) is 4.62. The molecule has 0 fully saturated rings. The van der Waals surface area contributed by atoms with Crippen molar-refractivity contribution in [1.29, 1.82) is 0 Å². The van der Waals surface area contributed by atoms with E-state index in [0.717, 1.165) is 6.42 Å². The summed E-state index contributed by atoms with van der Waals surface area (Å²) in [5, 5.41) is 6.59. The molecule has 6 heteroatoms. The van der Waals surface area contributed by atoms with Gasteiger partial charge in [-0.2, -0.15) is 0 Å². The summed E-state index contributed by atoms with van der Waals surface area (Å²) in [4.78, 5) is 13.5. The molecule has 23 heavy (non-hydrogen) atoms. The van der Waals surface area contributed by atoms with Crippen LogP contribution in [0.15, 0.2) is 6.07 Å². The van der Waals surface area contributed by atoms with Crippen molar-refractivity contribution >= 4 is 40.0 Å². The predicted molar refractivity (Wildman–Crippen MR) is 104 cm³/mol. The molecule has 1 aliphatic rings.